The molecule has 0 spiro atoms. The number of hydrogen-bond acceptors (Lipinski definition) is 6. The Bertz CT molecular complexity index is 1150. The average molecular weight is 485 g/mol. The second-order valence-corrected chi connectivity index (χ2v) is 9.02. The van der Waals surface area contributed by atoms with E-state index in [0.29, 0.717) is 35.3 Å². The van der Waals surface area contributed by atoms with Crippen LogP contribution in [0.5, 0.6) is 11.5 Å². The van der Waals surface area contributed by atoms with Gasteiger partial charge in [-0.05, 0) is 36.4 Å². The number of benzene rings is 2. The van der Waals surface area contributed by atoms with Gasteiger partial charge in [0.25, 0.3) is 11.8 Å². The number of aromatic nitrogens is 1. The molecule has 176 valence electrons. The summed E-state index contributed by atoms with van der Waals surface area (Å²) in [6.45, 7) is 1.03. The molecule has 2 saturated heterocycles. The monoisotopic (exact) mass is 484 g/mol. The zero-order valence-corrected chi connectivity index (χ0v) is 19.0. The summed E-state index contributed by atoms with van der Waals surface area (Å²) in [4.78, 5) is 33.5. The molecule has 3 aromatic rings. The molecule has 0 N–H and O–H groups in total. The Labute approximate surface area is 199 Å². The molecule has 2 amide bonds. The second-order valence-electron chi connectivity index (χ2n) is 8.13. The highest BCUT2D eigenvalue weighted by Crippen LogP contribution is 2.37. The van der Waals surface area contributed by atoms with Crippen LogP contribution in [0.1, 0.15) is 9.80 Å². The van der Waals surface area contributed by atoms with E-state index in [2.05, 4.69) is 4.98 Å². The number of amides is 2. The molecule has 2 aliphatic heterocycles. The first-order valence-electron chi connectivity index (χ1n) is 10.9. The Hall–Kier alpha value is -3.37. The predicted octanol–water partition coefficient (Wildman–Crippen LogP) is 3.74. The highest BCUT2D eigenvalue weighted by Gasteiger charge is 2.59. The Morgan fingerprint density at radius 3 is 2.32 bits per heavy atom. The van der Waals surface area contributed by atoms with E-state index in [9.17, 15) is 9.59 Å². The van der Waals surface area contributed by atoms with Crippen molar-refractivity contribution in [2.45, 2.75) is 12.0 Å². The topological polar surface area (TPSA) is 66.0 Å². The van der Waals surface area contributed by atoms with Gasteiger partial charge in [0.1, 0.15) is 17.5 Å². The van der Waals surface area contributed by atoms with E-state index < -0.39 is 17.9 Å². The minimum Gasteiger partial charge on any atom is -0.457 e. The van der Waals surface area contributed by atoms with E-state index in [1.807, 2.05) is 30.3 Å². The van der Waals surface area contributed by atoms with Gasteiger partial charge in [-0.2, -0.15) is 8.78 Å². The molecular formula is C24H22F2N4O3S. The lowest BCUT2D eigenvalue weighted by molar-refractivity contribution is -0.145. The standard InChI is InChI=1S/C24H22F2N4O3S/c25-24(26)20(28-11-13-29(14-12-28)22(31)21-27-10-15-34-21)16-30(23(24)32)17-6-8-19(9-7-17)33-18-4-2-1-3-5-18/h1-10,15,20H,11-14,16H2. The molecule has 1 unspecified atom stereocenters. The molecular weight excluding hydrogens is 462 g/mol. The van der Waals surface area contributed by atoms with Crippen LogP contribution in [0.2, 0.25) is 0 Å². The molecule has 5 rings (SSSR count). The Morgan fingerprint density at radius 2 is 1.68 bits per heavy atom. The van der Waals surface area contributed by atoms with Crippen molar-refractivity contribution in [1.29, 1.82) is 0 Å². The number of halogens is 2. The zero-order chi connectivity index (χ0) is 23.7. The first kappa shape index (κ1) is 22.4. The molecule has 2 aliphatic rings. The summed E-state index contributed by atoms with van der Waals surface area (Å²) in [7, 11) is 0. The number of hydrogen-bond donors (Lipinski definition) is 0. The molecule has 34 heavy (non-hydrogen) atoms. The van der Waals surface area contributed by atoms with Gasteiger partial charge in [-0.1, -0.05) is 18.2 Å². The lowest BCUT2D eigenvalue weighted by Crippen LogP contribution is -2.56. The van der Waals surface area contributed by atoms with Crippen LogP contribution in [0.4, 0.5) is 14.5 Å². The number of anilines is 1. The fourth-order valence-electron chi connectivity index (χ4n) is 4.28. The van der Waals surface area contributed by atoms with E-state index >= 15 is 8.78 Å². The van der Waals surface area contributed by atoms with Crippen molar-refractivity contribution in [3.05, 3.63) is 71.2 Å². The molecule has 7 nitrogen and oxygen atoms in total. The van der Waals surface area contributed by atoms with Crippen LogP contribution in [-0.2, 0) is 4.79 Å². The van der Waals surface area contributed by atoms with Gasteiger partial charge in [0.15, 0.2) is 5.01 Å². The van der Waals surface area contributed by atoms with Crippen LogP contribution in [-0.4, -0.2) is 71.3 Å². The van der Waals surface area contributed by atoms with Gasteiger partial charge in [0, 0.05) is 50.0 Å². The fraction of sp³-hybridized carbons (Fsp3) is 0.292. The van der Waals surface area contributed by atoms with E-state index in [1.54, 1.807) is 45.6 Å². The highest BCUT2D eigenvalue weighted by atomic mass is 32.1. The van der Waals surface area contributed by atoms with Crippen LogP contribution in [0.15, 0.2) is 66.2 Å². The van der Waals surface area contributed by atoms with Crippen molar-refractivity contribution in [2.75, 3.05) is 37.6 Å². The van der Waals surface area contributed by atoms with Gasteiger partial charge in [0.2, 0.25) is 0 Å². The van der Waals surface area contributed by atoms with Crippen LogP contribution < -0.4 is 9.64 Å². The van der Waals surface area contributed by atoms with E-state index in [-0.39, 0.29) is 25.5 Å². The van der Waals surface area contributed by atoms with Gasteiger partial charge in [-0.25, -0.2) is 4.98 Å². The average Bonchev–Trinajstić information content (AvgIpc) is 3.47. The van der Waals surface area contributed by atoms with Crippen LogP contribution >= 0.6 is 11.3 Å². The molecule has 1 aromatic heterocycles. The third kappa shape index (κ3) is 4.26. The highest BCUT2D eigenvalue weighted by molar-refractivity contribution is 7.11. The SMILES string of the molecule is O=C(c1nccs1)N1CCN(C2CN(c3ccc(Oc4ccccc4)cc3)C(=O)C2(F)F)CC1. The minimum absolute atomic E-state index is 0.120. The minimum atomic E-state index is -3.51. The Balaban J connectivity index is 1.24. The summed E-state index contributed by atoms with van der Waals surface area (Å²) in [6.07, 6.45) is 1.56. The second kappa shape index (κ2) is 9.11. The quantitative estimate of drug-likeness (QED) is 0.552. The molecule has 3 heterocycles. The Kier molecular flexibility index (Phi) is 6.01. The number of para-hydroxylation sites is 1. The molecule has 2 fully saturated rings. The zero-order valence-electron chi connectivity index (χ0n) is 18.1. The third-order valence-corrected chi connectivity index (χ3v) is 6.85. The summed E-state index contributed by atoms with van der Waals surface area (Å²) >= 11 is 1.25. The summed E-state index contributed by atoms with van der Waals surface area (Å²) in [5, 5.41) is 2.11. The number of piperazine rings is 1. The number of carbonyl (C=O) groups excluding carboxylic acids is 2. The molecule has 0 aliphatic carbocycles. The van der Waals surface area contributed by atoms with Crippen molar-refractivity contribution in [3.8, 4) is 11.5 Å². The van der Waals surface area contributed by atoms with Crippen molar-refractivity contribution < 1.29 is 23.1 Å². The summed E-state index contributed by atoms with van der Waals surface area (Å²) < 4.78 is 35.8. The van der Waals surface area contributed by atoms with E-state index in [4.69, 9.17) is 4.74 Å². The number of ether oxygens (including phenoxy) is 1. The number of nitrogens with zero attached hydrogens (tertiary/aromatic N) is 4. The predicted molar refractivity (Wildman–Crippen MR) is 124 cm³/mol. The first-order chi connectivity index (χ1) is 16.4. The van der Waals surface area contributed by atoms with Crippen LogP contribution in [0.25, 0.3) is 0 Å². The number of rotatable bonds is 5. The molecule has 0 bridgehead atoms. The molecule has 1 atom stereocenters. The van der Waals surface area contributed by atoms with Gasteiger partial charge in [0.05, 0.1) is 0 Å². The van der Waals surface area contributed by atoms with Crippen molar-refractivity contribution in [3.63, 3.8) is 0 Å². The maximum absolute atomic E-state index is 15.0. The van der Waals surface area contributed by atoms with Crippen molar-refractivity contribution in [2.24, 2.45) is 0 Å². The van der Waals surface area contributed by atoms with Crippen LogP contribution in [0, 0.1) is 0 Å². The van der Waals surface area contributed by atoms with Crippen molar-refractivity contribution in [1.82, 2.24) is 14.8 Å². The van der Waals surface area contributed by atoms with Gasteiger partial charge < -0.3 is 14.5 Å². The lowest BCUT2D eigenvalue weighted by atomic mass is 10.1. The largest absolute Gasteiger partial charge is 0.457 e. The molecule has 2 aromatic carbocycles. The van der Waals surface area contributed by atoms with E-state index in [1.165, 1.54) is 11.3 Å². The summed E-state index contributed by atoms with van der Waals surface area (Å²) in [5.41, 5.74) is 0.394. The molecule has 10 heteroatoms. The van der Waals surface area contributed by atoms with Gasteiger partial charge >= 0.3 is 5.92 Å². The van der Waals surface area contributed by atoms with Gasteiger partial charge in [-0.15, -0.1) is 11.3 Å². The lowest BCUT2D eigenvalue weighted by Gasteiger charge is -2.38. The smallest absolute Gasteiger partial charge is 0.341 e. The molecule has 0 saturated carbocycles. The maximum atomic E-state index is 15.0. The van der Waals surface area contributed by atoms with Crippen LogP contribution in [0.3, 0.4) is 0 Å². The Morgan fingerprint density at radius 1 is 1.00 bits per heavy atom. The number of carbonyl (C=O) groups is 2. The number of alkyl halides is 2. The summed E-state index contributed by atoms with van der Waals surface area (Å²) in [5.74, 6) is -3.71. The van der Waals surface area contributed by atoms with Gasteiger partial charge in [-0.3, -0.25) is 14.5 Å². The first-order valence-corrected chi connectivity index (χ1v) is 11.8. The maximum Gasteiger partial charge on any atom is 0.341 e. The molecule has 0 radical (unpaired) electrons. The fourth-order valence-corrected chi connectivity index (χ4v) is 4.88. The third-order valence-electron chi connectivity index (χ3n) is 6.09. The normalized spacial score (nSPS) is 20.5. The number of thiazole rings is 1. The van der Waals surface area contributed by atoms with E-state index in [0.717, 1.165) is 4.90 Å². The van der Waals surface area contributed by atoms with Crippen molar-refractivity contribution >= 4 is 28.8 Å². The summed E-state index contributed by atoms with van der Waals surface area (Å²) in [6, 6.07) is 14.5.